The van der Waals surface area contributed by atoms with Crippen molar-refractivity contribution in [3.05, 3.63) is 46.2 Å². The molecule has 17 heavy (non-hydrogen) atoms. The predicted molar refractivity (Wildman–Crippen MR) is 65.3 cm³/mol. The minimum Gasteiger partial charge on any atom is -0.275 e. The van der Waals surface area contributed by atoms with Crippen LogP contribution in [0.1, 0.15) is 12.5 Å². The van der Waals surface area contributed by atoms with Gasteiger partial charge in [-0.15, -0.1) is 0 Å². The molecular formula is C12H13N3O2. The average Bonchev–Trinajstić information content (AvgIpc) is 2.58. The third-order valence-electron chi connectivity index (χ3n) is 2.45. The zero-order valence-corrected chi connectivity index (χ0v) is 9.65. The highest BCUT2D eigenvalue weighted by Gasteiger charge is 2.11. The maximum Gasteiger partial charge on any atom is 0.289 e. The van der Waals surface area contributed by atoms with Gasteiger partial charge in [-0.05, 0) is 12.5 Å². The van der Waals surface area contributed by atoms with Crippen molar-refractivity contribution in [1.82, 2.24) is 9.89 Å². The highest BCUT2D eigenvalue weighted by molar-refractivity contribution is 5.80. The lowest BCUT2D eigenvalue weighted by Crippen LogP contribution is -2.30. The van der Waals surface area contributed by atoms with Crippen molar-refractivity contribution < 1.29 is 4.79 Å². The summed E-state index contributed by atoms with van der Waals surface area (Å²) < 4.78 is 0. The number of amides is 1. The van der Waals surface area contributed by atoms with Crippen LogP contribution in [0.5, 0.6) is 0 Å². The van der Waals surface area contributed by atoms with Gasteiger partial charge in [0.15, 0.2) is 0 Å². The number of rotatable bonds is 2. The third kappa shape index (κ3) is 2.13. The summed E-state index contributed by atoms with van der Waals surface area (Å²) in [7, 11) is 0. The predicted octanol–water partition coefficient (Wildman–Crippen LogP) is 1.24. The van der Waals surface area contributed by atoms with Gasteiger partial charge in [-0.1, -0.05) is 30.3 Å². The Morgan fingerprint density at radius 2 is 1.94 bits per heavy atom. The summed E-state index contributed by atoms with van der Waals surface area (Å²) in [5.41, 5.74) is 4.36. The molecule has 1 aromatic carbocycles. The summed E-state index contributed by atoms with van der Waals surface area (Å²) in [6, 6.07) is 9.49. The van der Waals surface area contributed by atoms with Gasteiger partial charge in [-0.2, -0.15) is 4.79 Å². The molecule has 2 rings (SSSR count). The molecule has 0 aliphatic carbocycles. The lowest BCUT2D eigenvalue weighted by molar-refractivity contribution is -0.115. The van der Waals surface area contributed by atoms with E-state index in [0.29, 0.717) is 11.3 Å². The molecule has 88 valence electrons. The number of aromatic nitrogens is 2. The molecule has 0 bridgehead atoms. The fourth-order valence-corrected chi connectivity index (χ4v) is 1.64. The van der Waals surface area contributed by atoms with Crippen molar-refractivity contribution in [3.8, 4) is 11.3 Å². The van der Waals surface area contributed by atoms with Gasteiger partial charge in [0.05, 0.1) is 5.69 Å². The summed E-state index contributed by atoms with van der Waals surface area (Å²) in [6.07, 6.45) is 0. The first-order valence-corrected chi connectivity index (χ1v) is 5.24. The number of nitrogens with zero attached hydrogens (tertiary/aromatic N) is 1. The monoisotopic (exact) mass is 231 g/mol. The largest absolute Gasteiger partial charge is 0.289 e. The molecule has 0 fully saturated rings. The summed E-state index contributed by atoms with van der Waals surface area (Å²) in [5, 5.41) is 2.87. The first-order chi connectivity index (χ1) is 8.09. The zero-order valence-electron chi connectivity index (χ0n) is 9.65. The lowest BCUT2D eigenvalue weighted by atomic mass is 10.1. The van der Waals surface area contributed by atoms with Crippen molar-refractivity contribution in [2.45, 2.75) is 13.8 Å². The molecule has 1 heterocycles. The zero-order chi connectivity index (χ0) is 12.4. The topological polar surface area (TPSA) is 66.9 Å². The number of benzene rings is 1. The summed E-state index contributed by atoms with van der Waals surface area (Å²) in [6.45, 7) is 3.07. The van der Waals surface area contributed by atoms with Gasteiger partial charge in [0.2, 0.25) is 5.91 Å². The van der Waals surface area contributed by atoms with Gasteiger partial charge < -0.3 is 0 Å². The molecule has 2 aromatic rings. The van der Waals surface area contributed by atoms with Crippen LogP contribution in [0.2, 0.25) is 0 Å². The molecule has 0 aliphatic rings. The number of hydrogen-bond donors (Lipinski definition) is 2. The Morgan fingerprint density at radius 3 is 2.53 bits per heavy atom. The SMILES string of the molecule is CC(=O)Nn1[nH]c(-c2ccccc2)c(C)c1=O. The van der Waals surface area contributed by atoms with Gasteiger partial charge in [-0.25, -0.2) is 5.43 Å². The number of hydrogen-bond acceptors (Lipinski definition) is 2. The number of carbonyl (C=O) groups excluding carboxylic acids is 1. The van der Waals surface area contributed by atoms with Crippen molar-refractivity contribution in [3.63, 3.8) is 0 Å². The highest BCUT2D eigenvalue weighted by Crippen LogP contribution is 2.17. The second-order valence-electron chi connectivity index (χ2n) is 3.79. The Labute approximate surface area is 98.0 Å². The van der Waals surface area contributed by atoms with Crippen LogP contribution in [-0.2, 0) is 4.79 Å². The fourth-order valence-electron chi connectivity index (χ4n) is 1.64. The van der Waals surface area contributed by atoms with E-state index in [0.717, 1.165) is 10.4 Å². The quantitative estimate of drug-likeness (QED) is 0.816. The fraction of sp³-hybridized carbons (Fsp3) is 0.167. The minimum atomic E-state index is -0.298. The van der Waals surface area contributed by atoms with E-state index >= 15 is 0 Å². The first kappa shape index (κ1) is 11.2. The van der Waals surface area contributed by atoms with E-state index in [1.807, 2.05) is 30.3 Å². The van der Waals surface area contributed by atoms with Crippen molar-refractivity contribution in [2.75, 3.05) is 5.43 Å². The summed E-state index contributed by atoms with van der Waals surface area (Å²) >= 11 is 0. The number of carbonyl (C=O) groups is 1. The Morgan fingerprint density at radius 1 is 1.29 bits per heavy atom. The van der Waals surface area contributed by atoms with Crippen LogP contribution < -0.4 is 11.0 Å². The molecule has 0 aliphatic heterocycles. The van der Waals surface area contributed by atoms with Crippen LogP contribution in [0.15, 0.2) is 35.1 Å². The molecule has 5 nitrogen and oxygen atoms in total. The Bertz CT molecular complexity index is 596. The van der Waals surface area contributed by atoms with Gasteiger partial charge in [-0.3, -0.25) is 14.7 Å². The molecule has 1 amide bonds. The highest BCUT2D eigenvalue weighted by atomic mass is 16.2. The molecule has 0 radical (unpaired) electrons. The number of H-pyrrole nitrogens is 1. The van der Waals surface area contributed by atoms with Crippen molar-refractivity contribution in [1.29, 1.82) is 0 Å². The van der Waals surface area contributed by atoms with E-state index in [4.69, 9.17) is 0 Å². The third-order valence-corrected chi connectivity index (χ3v) is 2.45. The van der Waals surface area contributed by atoms with E-state index < -0.39 is 0 Å². The van der Waals surface area contributed by atoms with Crippen molar-refractivity contribution in [2.24, 2.45) is 0 Å². The maximum atomic E-state index is 11.8. The molecule has 0 saturated carbocycles. The molecule has 5 heteroatoms. The van der Waals surface area contributed by atoms with E-state index in [-0.39, 0.29) is 11.5 Å². The summed E-state index contributed by atoms with van der Waals surface area (Å²) in [4.78, 5) is 23.8. The Balaban J connectivity index is 2.51. The Kier molecular flexibility index (Phi) is 2.82. The molecule has 0 spiro atoms. The van der Waals surface area contributed by atoms with Crippen molar-refractivity contribution >= 4 is 5.91 Å². The van der Waals surface area contributed by atoms with Gasteiger partial charge in [0, 0.05) is 12.5 Å². The van der Waals surface area contributed by atoms with Crippen LogP contribution in [0.3, 0.4) is 0 Å². The van der Waals surface area contributed by atoms with E-state index in [9.17, 15) is 9.59 Å². The number of nitrogens with one attached hydrogen (secondary N) is 2. The molecule has 0 atom stereocenters. The van der Waals surface area contributed by atoms with Crippen LogP contribution in [0, 0.1) is 6.92 Å². The molecule has 0 saturated heterocycles. The number of aromatic amines is 1. The van der Waals surface area contributed by atoms with E-state index in [2.05, 4.69) is 10.5 Å². The normalized spacial score (nSPS) is 10.2. The smallest absolute Gasteiger partial charge is 0.275 e. The van der Waals surface area contributed by atoms with Gasteiger partial charge >= 0.3 is 0 Å². The van der Waals surface area contributed by atoms with E-state index in [1.165, 1.54) is 6.92 Å². The van der Waals surface area contributed by atoms with E-state index in [1.54, 1.807) is 6.92 Å². The second kappa shape index (κ2) is 4.29. The Hall–Kier alpha value is -2.30. The first-order valence-electron chi connectivity index (χ1n) is 5.24. The van der Waals surface area contributed by atoms with Gasteiger partial charge in [0.1, 0.15) is 0 Å². The maximum absolute atomic E-state index is 11.8. The molecular weight excluding hydrogens is 218 g/mol. The second-order valence-corrected chi connectivity index (χ2v) is 3.79. The summed E-state index contributed by atoms with van der Waals surface area (Å²) in [5.74, 6) is -0.298. The standard InChI is InChI=1S/C12H13N3O2/c1-8-11(10-6-4-3-5-7-10)14-15(12(8)17)13-9(2)16/h3-7,14H,1-2H3,(H,13,16). The molecule has 0 unspecified atom stereocenters. The minimum absolute atomic E-state index is 0.251. The molecule has 2 N–H and O–H groups in total. The van der Waals surface area contributed by atoms with Crippen LogP contribution in [0.4, 0.5) is 0 Å². The van der Waals surface area contributed by atoms with Crippen LogP contribution >= 0.6 is 0 Å². The van der Waals surface area contributed by atoms with Crippen LogP contribution in [-0.4, -0.2) is 15.8 Å². The molecule has 1 aromatic heterocycles. The average molecular weight is 231 g/mol. The van der Waals surface area contributed by atoms with Gasteiger partial charge in [0.25, 0.3) is 5.56 Å². The van der Waals surface area contributed by atoms with Crippen LogP contribution in [0.25, 0.3) is 11.3 Å². The lowest BCUT2D eigenvalue weighted by Gasteiger charge is -2.01.